The fraction of sp³-hybridized carbons (Fsp3) is 0.600. The van der Waals surface area contributed by atoms with Crippen LogP contribution >= 0.6 is 0 Å². The highest BCUT2D eigenvalue weighted by molar-refractivity contribution is 5.37. The first-order valence-corrected chi connectivity index (χ1v) is 6.96. The molecule has 0 bridgehead atoms. The first-order chi connectivity index (χ1) is 9.15. The highest BCUT2D eigenvalue weighted by Gasteiger charge is 2.30. The summed E-state index contributed by atoms with van der Waals surface area (Å²) < 4.78 is 24.5. The molecular formula is C15H20FNO2. The van der Waals surface area contributed by atoms with Crippen molar-refractivity contribution in [2.45, 2.75) is 43.7 Å². The number of hydrogen-bond acceptors (Lipinski definition) is 3. The molecule has 1 aliphatic heterocycles. The fourth-order valence-electron chi connectivity index (χ4n) is 3.00. The molecule has 3 nitrogen and oxygen atoms in total. The van der Waals surface area contributed by atoms with Gasteiger partial charge in [0.25, 0.3) is 0 Å². The molecule has 1 fully saturated rings. The van der Waals surface area contributed by atoms with Crippen LogP contribution < -0.4 is 10.5 Å². The van der Waals surface area contributed by atoms with E-state index in [0.717, 1.165) is 24.2 Å². The maximum absolute atomic E-state index is 13.1. The molecule has 3 rings (SSSR count). The third kappa shape index (κ3) is 2.90. The van der Waals surface area contributed by atoms with Crippen LogP contribution in [-0.4, -0.2) is 24.9 Å². The molecule has 1 atom stereocenters. The minimum Gasteiger partial charge on any atom is -0.487 e. The Labute approximate surface area is 112 Å². The smallest absolute Gasteiger partial charge is 0.126 e. The zero-order chi connectivity index (χ0) is 13.3. The summed E-state index contributed by atoms with van der Waals surface area (Å²) in [7, 11) is 0. The van der Waals surface area contributed by atoms with E-state index in [9.17, 15) is 4.39 Å². The second kappa shape index (κ2) is 5.10. The first-order valence-electron chi connectivity index (χ1n) is 6.96. The molecule has 1 aromatic rings. The van der Waals surface area contributed by atoms with Gasteiger partial charge in [0.05, 0.1) is 13.2 Å². The summed E-state index contributed by atoms with van der Waals surface area (Å²) in [6.45, 7) is 1.12. The van der Waals surface area contributed by atoms with E-state index in [2.05, 4.69) is 0 Å². The lowest BCUT2D eigenvalue weighted by atomic mass is 10.0. The van der Waals surface area contributed by atoms with Gasteiger partial charge in [-0.2, -0.15) is 0 Å². The van der Waals surface area contributed by atoms with Crippen LogP contribution in [0.3, 0.4) is 0 Å². The number of hydrogen-bond donors (Lipinski definition) is 1. The van der Waals surface area contributed by atoms with Crippen LogP contribution in [0.15, 0.2) is 18.2 Å². The van der Waals surface area contributed by atoms with Crippen molar-refractivity contribution in [3.8, 4) is 5.75 Å². The molecule has 1 aliphatic carbocycles. The molecule has 0 radical (unpaired) electrons. The Hall–Kier alpha value is -1.13. The van der Waals surface area contributed by atoms with E-state index >= 15 is 0 Å². The average Bonchev–Trinajstić information content (AvgIpc) is 2.95. The van der Waals surface area contributed by atoms with Crippen LogP contribution in [0.2, 0.25) is 0 Å². The first kappa shape index (κ1) is 12.9. The summed E-state index contributed by atoms with van der Waals surface area (Å²) in [6, 6.07) is 4.65. The Morgan fingerprint density at radius 1 is 1.37 bits per heavy atom. The second-order valence-corrected chi connectivity index (χ2v) is 5.78. The summed E-state index contributed by atoms with van der Waals surface area (Å²) >= 11 is 0. The zero-order valence-corrected chi connectivity index (χ0v) is 11.0. The standard InChI is InChI=1S/C15H20FNO2/c16-12-3-4-14-11(7-12)8-13(19-14)9-18-10-15(17)5-1-2-6-15/h3-4,7,13H,1-2,5-6,8-10,17H2. The van der Waals surface area contributed by atoms with Crippen molar-refractivity contribution in [3.63, 3.8) is 0 Å². The van der Waals surface area contributed by atoms with E-state index in [1.54, 1.807) is 6.07 Å². The van der Waals surface area contributed by atoms with E-state index in [-0.39, 0.29) is 17.5 Å². The van der Waals surface area contributed by atoms with Crippen LogP contribution in [0.1, 0.15) is 31.2 Å². The Balaban J connectivity index is 1.48. The van der Waals surface area contributed by atoms with E-state index < -0.39 is 0 Å². The van der Waals surface area contributed by atoms with E-state index in [1.807, 2.05) is 0 Å². The average molecular weight is 265 g/mol. The molecule has 0 amide bonds. The normalized spacial score (nSPS) is 24.2. The highest BCUT2D eigenvalue weighted by atomic mass is 19.1. The van der Waals surface area contributed by atoms with E-state index in [4.69, 9.17) is 15.2 Å². The molecule has 4 heteroatoms. The lowest BCUT2D eigenvalue weighted by Crippen LogP contribution is -2.42. The largest absolute Gasteiger partial charge is 0.487 e. The quantitative estimate of drug-likeness (QED) is 0.909. The van der Waals surface area contributed by atoms with Gasteiger partial charge < -0.3 is 15.2 Å². The van der Waals surface area contributed by atoms with Gasteiger partial charge in [-0.15, -0.1) is 0 Å². The van der Waals surface area contributed by atoms with Crippen molar-refractivity contribution in [1.29, 1.82) is 0 Å². The number of nitrogens with two attached hydrogens (primary N) is 1. The van der Waals surface area contributed by atoms with Gasteiger partial charge in [0.2, 0.25) is 0 Å². The molecule has 1 heterocycles. The predicted molar refractivity (Wildman–Crippen MR) is 70.7 cm³/mol. The summed E-state index contributed by atoms with van der Waals surface area (Å²) in [6.07, 6.45) is 5.19. The molecule has 1 unspecified atom stereocenters. The summed E-state index contributed by atoms with van der Waals surface area (Å²) in [4.78, 5) is 0. The van der Waals surface area contributed by atoms with Crippen LogP contribution in [0.25, 0.3) is 0 Å². The molecule has 0 saturated heterocycles. The lowest BCUT2D eigenvalue weighted by molar-refractivity contribution is 0.0341. The van der Waals surface area contributed by atoms with Crippen molar-refractivity contribution in [3.05, 3.63) is 29.6 Å². The summed E-state index contributed by atoms with van der Waals surface area (Å²) in [5.74, 6) is 0.564. The van der Waals surface area contributed by atoms with E-state index in [1.165, 1.54) is 25.0 Å². The SMILES string of the molecule is NC1(COCC2Cc3cc(F)ccc3O2)CCCC1. The highest BCUT2D eigenvalue weighted by Crippen LogP contribution is 2.30. The molecule has 104 valence electrons. The molecule has 1 saturated carbocycles. The number of benzene rings is 1. The summed E-state index contributed by atoms with van der Waals surface area (Å²) in [5.41, 5.74) is 7.02. The molecular weight excluding hydrogens is 245 g/mol. The van der Waals surface area contributed by atoms with Gasteiger partial charge >= 0.3 is 0 Å². The van der Waals surface area contributed by atoms with Gasteiger partial charge in [-0.05, 0) is 31.0 Å². The van der Waals surface area contributed by atoms with Crippen LogP contribution in [0, 0.1) is 5.82 Å². The maximum Gasteiger partial charge on any atom is 0.126 e. The fourth-order valence-corrected chi connectivity index (χ4v) is 3.00. The van der Waals surface area contributed by atoms with Gasteiger partial charge in [0, 0.05) is 17.5 Å². The van der Waals surface area contributed by atoms with Crippen molar-refractivity contribution < 1.29 is 13.9 Å². The molecule has 0 aromatic heterocycles. The molecule has 0 spiro atoms. The van der Waals surface area contributed by atoms with Crippen molar-refractivity contribution in [2.24, 2.45) is 5.73 Å². The minimum absolute atomic E-state index is 0.0122. The Morgan fingerprint density at radius 2 is 2.16 bits per heavy atom. The van der Waals surface area contributed by atoms with Crippen LogP contribution in [0.5, 0.6) is 5.75 Å². The topological polar surface area (TPSA) is 44.5 Å². The van der Waals surface area contributed by atoms with Gasteiger partial charge in [-0.1, -0.05) is 12.8 Å². The third-order valence-electron chi connectivity index (χ3n) is 4.06. The van der Waals surface area contributed by atoms with Crippen molar-refractivity contribution in [2.75, 3.05) is 13.2 Å². The minimum atomic E-state index is -0.212. The monoisotopic (exact) mass is 265 g/mol. The maximum atomic E-state index is 13.1. The Bertz CT molecular complexity index is 457. The van der Waals surface area contributed by atoms with Crippen LogP contribution in [0.4, 0.5) is 4.39 Å². The predicted octanol–water partition coefficient (Wildman–Crippen LogP) is 2.42. The number of ether oxygens (including phenoxy) is 2. The molecule has 2 N–H and O–H groups in total. The van der Waals surface area contributed by atoms with Gasteiger partial charge in [0.15, 0.2) is 0 Å². The Morgan fingerprint density at radius 3 is 2.95 bits per heavy atom. The Kier molecular flexibility index (Phi) is 3.46. The molecule has 2 aliphatic rings. The number of halogens is 1. The van der Waals surface area contributed by atoms with Crippen molar-refractivity contribution >= 4 is 0 Å². The van der Waals surface area contributed by atoms with Gasteiger partial charge in [-0.3, -0.25) is 0 Å². The second-order valence-electron chi connectivity index (χ2n) is 5.78. The number of fused-ring (bicyclic) bond motifs is 1. The third-order valence-corrected chi connectivity index (χ3v) is 4.06. The van der Waals surface area contributed by atoms with E-state index in [0.29, 0.717) is 19.6 Å². The number of rotatable bonds is 4. The van der Waals surface area contributed by atoms with Crippen molar-refractivity contribution in [1.82, 2.24) is 0 Å². The van der Waals surface area contributed by atoms with Gasteiger partial charge in [0.1, 0.15) is 17.7 Å². The lowest BCUT2D eigenvalue weighted by Gasteiger charge is -2.24. The molecule has 19 heavy (non-hydrogen) atoms. The summed E-state index contributed by atoms with van der Waals surface area (Å²) in [5, 5.41) is 0. The van der Waals surface area contributed by atoms with Gasteiger partial charge in [-0.25, -0.2) is 4.39 Å². The zero-order valence-electron chi connectivity index (χ0n) is 11.0. The van der Waals surface area contributed by atoms with Crippen LogP contribution in [-0.2, 0) is 11.2 Å². The molecule has 1 aromatic carbocycles.